The smallest absolute Gasteiger partial charge is 0.237 e. The fourth-order valence-electron chi connectivity index (χ4n) is 4.00. The molecule has 0 aliphatic carbocycles. The van der Waals surface area contributed by atoms with E-state index in [-0.39, 0.29) is 11.3 Å². The first-order valence-electron chi connectivity index (χ1n) is 10.8. The summed E-state index contributed by atoms with van der Waals surface area (Å²) in [5, 5.41) is 6.11. The minimum atomic E-state index is -0.561. The summed E-state index contributed by atoms with van der Waals surface area (Å²) < 4.78 is 7.67. The Balaban J connectivity index is 1.60. The molecule has 5 nitrogen and oxygen atoms in total. The third kappa shape index (κ3) is 4.13. The van der Waals surface area contributed by atoms with Gasteiger partial charge in [0.1, 0.15) is 0 Å². The first-order chi connectivity index (χ1) is 16.3. The van der Waals surface area contributed by atoms with Crippen molar-refractivity contribution in [2.75, 3.05) is 0 Å². The summed E-state index contributed by atoms with van der Waals surface area (Å²) in [4.78, 5) is 18.0. The van der Waals surface area contributed by atoms with Crippen LogP contribution in [0.25, 0.3) is 22.3 Å². The Labute approximate surface area is 206 Å². The highest BCUT2D eigenvalue weighted by Crippen LogP contribution is 2.32. The van der Waals surface area contributed by atoms with Crippen LogP contribution in [-0.4, -0.2) is 14.7 Å². The molecule has 0 unspecified atom stereocenters. The number of benzene rings is 3. The van der Waals surface area contributed by atoms with E-state index >= 15 is 0 Å². The van der Waals surface area contributed by atoms with Crippen molar-refractivity contribution in [2.24, 2.45) is 0 Å². The average Bonchev–Trinajstić information content (AvgIpc) is 3.34. The molecule has 7 heteroatoms. The van der Waals surface area contributed by atoms with Gasteiger partial charge in [-0.1, -0.05) is 64.8 Å². The fraction of sp³-hybridized carbons (Fsp3) is 0.148. The number of pyridine rings is 1. The Morgan fingerprint density at radius 1 is 0.912 bits per heavy atom. The van der Waals surface area contributed by atoms with Crippen LogP contribution in [0.4, 0.5) is 0 Å². The van der Waals surface area contributed by atoms with Crippen molar-refractivity contribution in [3.05, 3.63) is 116 Å². The van der Waals surface area contributed by atoms with E-state index in [0.29, 0.717) is 33.4 Å². The van der Waals surface area contributed by atoms with Crippen molar-refractivity contribution in [2.45, 2.75) is 25.8 Å². The molecule has 0 fully saturated rings. The van der Waals surface area contributed by atoms with Gasteiger partial charge in [-0.15, -0.1) is 0 Å². The maximum Gasteiger partial charge on any atom is 0.237 e. The lowest BCUT2D eigenvalue weighted by Crippen LogP contribution is -2.19. The van der Waals surface area contributed by atoms with E-state index in [1.807, 2.05) is 91.2 Å². The Hall–Kier alpha value is -3.41. The predicted molar refractivity (Wildman–Crippen MR) is 136 cm³/mol. The van der Waals surface area contributed by atoms with E-state index in [4.69, 9.17) is 27.7 Å². The molecule has 0 atom stereocenters. The predicted octanol–water partition coefficient (Wildman–Crippen LogP) is 6.73. The quantitative estimate of drug-likeness (QED) is 0.274. The summed E-state index contributed by atoms with van der Waals surface area (Å²) in [6.45, 7) is 4.55. The second kappa shape index (κ2) is 8.75. The minimum absolute atomic E-state index is 0.139. The lowest BCUT2D eigenvalue weighted by atomic mass is 9.84. The first-order valence-corrected chi connectivity index (χ1v) is 11.6. The van der Waals surface area contributed by atoms with Crippen LogP contribution in [0.15, 0.2) is 88.3 Å². The second-order valence-electron chi connectivity index (χ2n) is 8.70. The average molecular weight is 490 g/mol. The maximum atomic E-state index is 13.4. The SMILES string of the molecule is CC(C)(c1ccc(Cl)cc1)c1nc(-c2cn(Cc3ccc(Cl)cc3)c3ccccc3c2=O)no1. The molecule has 0 saturated heterocycles. The Bertz CT molecular complexity index is 1540. The van der Waals surface area contributed by atoms with Crippen LogP contribution >= 0.6 is 23.2 Å². The molecule has 3 aromatic carbocycles. The van der Waals surface area contributed by atoms with Crippen molar-refractivity contribution in [1.82, 2.24) is 14.7 Å². The zero-order valence-corrected chi connectivity index (χ0v) is 20.1. The van der Waals surface area contributed by atoms with Gasteiger partial charge in [0.05, 0.1) is 16.5 Å². The number of fused-ring (bicyclic) bond motifs is 1. The van der Waals surface area contributed by atoms with Gasteiger partial charge in [-0.3, -0.25) is 4.79 Å². The van der Waals surface area contributed by atoms with Crippen molar-refractivity contribution in [3.63, 3.8) is 0 Å². The third-order valence-corrected chi connectivity index (χ3v) is 6.53. The molecule has 2 aromatic heterocycles. The van der Waals surface area contributed by atoms with Gasteiger partial charge < -0.3 is 9.09 Å². The fourth-order valence-corrected chi connectivity index (χ4v) is 4.25. The van der Waals surface area contributed by atoms with Crippen LogP contribution in [0.2, 0.25) is 10.0 Å². The number of halogens is 2. The second-order valence-corrected chi connectivity index (χ2v) is 9.57. The molecular formula is C27H21Cl2N3O2. The summed E-state index contributed by atoms with van der Waals surface area (Å²) in [5.74, 6) is 0.680. The Morgan fingerprint density at radius 3 is 2.26 bits per heavy atom. The maximum absolute atomic E-state index is 13.4. The van der Waals surface area contributed by atoms with Gasteiger partial charge in [0, 0.05) is 28.2 Å². The molecular weight excluding hydrogens is 469 g/mol. The molecule has 34 heavy (non-hydrogen) atoms. The van der Waals surface area contributed by atoms with E-state index < -0.39 is 5.41 Å². The monoisotopic (exact) mass is 489 g/mol. The van der Waals surface area contributed by atoms with E-state index in [9.17, 15) is 4.79 Å². The molecule has 2 heterocycles. The van der Waals surface area contributed by atoms with Gasteiger partial charge in [-0.05, 0) is 61.4 Å². The van der Waals surface area contributed by atoms with Crippen LogP contribution in [0.1, 0.15) is 30.9 Å². The van der Waals surface area contributed by atoms with Crippen LogP contribution in [-0.2, 0) is 12.0 Å². The Kier molecular flexibility index (Phi) is 5.76. The van der Waals surface area contributed by atoms with Crippen molar-refractivity contribution < 1.29 is 4.52 Å². The van der Waals surface area contributed by atoms with Crippen molar-refractivity contribution >= 4 is 34.1 Å². The normalized spacial score (nSPS) is 11.8. The van der Waals surface area contributed by atoms with E-state index in [1.165, 1.54) is 0 Å². The molecule has 0 spiro atoms. The summed E-state index contributed by atoms with van der Waals surface area (Å²) in [6, 6.07) is 22.7. The molecule has 0 aliphatic rings. The molecule has 0 N–H and O–H groups in total. The van der Waals surface area contributed by atoms with Crippen LogP contribution in [0.3, 0.4) is 0 Å². The zero-order chi connectivity index (χ0) is 23.9. The summed E-state index contributed by atoms with van der Waals surface area (Å²) >= 11 is 12.1. The van der Waals surface area contributed by atoms with Crippen LogP contribution in [0.5, 0.6) is 0 Å². The topological polar surface area (TPSA) is 60.9 Å². The number of hydrogen-bond donors (Lipinski definition) is 0. The van der Waals surface area contributed by atoms with E-state index in [0.717, 1.165) is 16.6 Å². The Morgan fingerprint density at radius 2 is 1.56 bits per heavy atom. The van der Waals surface area contributed by atoms with Gasteiger partial charge in [-0.2, -0.15) is 4.98 Å². The molecule has 5 aromatic rings. The highest BCUT2D eigenvalue weighted by atomic mass is 35.5. The number of nitrogens with zero attached hydrogens (tertiary/aromatic N) is 3. The highest BCUT2D eigenvalue weighted by molar-refractivity contribution is 6.30. The van der Waals surface area contributed by atoms with Gasteiger partial charge in [0.15, 0.2) is 0 Å². The van der Waals surface area contributed by atoms with Crippen molar-refractivity contribution in [3.8, 4) is 11.4 Å². The van der Waals surface area contributed by atoms with Crippen molar-refractivity contribution in [1.29, 1.82) is 0 Å². The summed E-state index contributed by atoms with van der Waals surface area (Å²) in [7, 11) is 0. The van der Waals surface area contributed by atoms with Gasteiger partial charge in [-0.25, -0.2) is 0 Å². The molecule has 0 saturated carbocycles. The van der Waals surface area contributed by atoms with Gasteiger partial charge in [0.2, 0.25) is 17.1 Å². The molecule has 0 aliphatic heterocycles. The molecule has 0 amide bonds. The van der Waals surface area contributed by atoms with E-state index in [1.54, 1.807) is 6.20 Å². The minimum Gasteiger partial charge on any atom is -0.342 e. The number of rotatable bonds is 5. The molecule has 0 bridgehead atoms. The van der Waals surface area contributed by atoms with Crippen LogP contribution in [0, 0.1) is 0 Å². The molecule has 5 rings (SSSR count). The molecule has 170 valence electrons. The molecule has 0 radical (unpaired) electrons. The highest BCUT2D eigenvalue weighted by Gasteiger charge is 2.30. The van der Waals surface area contributed by atoms with Gasteiger partial charge >= 0.3 is 0 Å². The lowest BCUT2D eigenvalue weighted by Gasteiger charge is -2.20. The first kappa shape index (κ1) is 22.4. The van der Waals surface area contributed by atoms with Crippen LogP contribution < -0.4 is 5.43 Å². The zero-order valence-electron chi connectivity index (χ0n) is 18.6. The number of hydrogen-bond acceptors (Lipinski definition) is 4. The lowest BCUT2D eigenvalue weighted by molar-refractivity contribution is 0.333. The van der Waals surface area contributed by atoms with E-state index in [2.05, 4.69) is 10.1 Å². The summed E-state index contributed by atoms with van der Waals surface area (Å²) in [6.07, 6.45) is 1.79. The largest absolute Gasteiger partial charge is 0.342 e. The number of para-hydroxylation sites is 1. The standard InChI is InChI=1S/C27H21Cl2N3O2/c1-27(2,18-9-13-20(29)14-10-18)26-30-25(31-34-26)22-16-32(15-17-7-11-19(28)12-8-17)23-6-4-3-5-21(23)24(22)33/h3-14,16H,15H2,1-2H3. The third-order valence-electron chi connectivity index (χ3n) is 6.02. The number of aromatic nitrogens is 3. The van der Waals surface area contributed by atoms with Gasteiger partial charge in [0.25, 0.3) is 0 Å². The summed E-state index contributed by atoms with van der Waals surface area (Å²) in [5.41, 5.74) is 2.55.